The van der Waals surface area contributed by atoms with Crippen molar-refractivity contribution in [2.24, 2.45) is 0 Å². The van der Waals surface area contributed by atoms with Crippen molar-refractivity contribution in [1.82, 2.24) is 15.2 Å². The van der Waals surface area contributed by atoms with Gasteiger partial charge in [0.15, 0.2) is 5.82 Å². The number of sulfonamides is 1. The van der Waals surface area contributed by atoms with E-state index in [0.717, 1.165) is 18.2 Å². The van der Waals surface area contributed by atoms with E-state index in [1.807, 2.05) is 4.72 Å². The maximum atomic E-state index is 12.8. The lowest BCUT2D eigenvalue weighted by atomic mass is 10.3. The number of halogens is 4. The molecule has 2 aromatic rings. The Kier molecular flexibility index (Phi) is 3.86. The highest BCUT2D eigenvalue weighted by atomic mass is 35.5. The van der Waals surface area contributed by atoms with E-state index in [2.05, 4.69) is 10.1 Å². The Morgan fingerprint density at radius 2 is 2.05 bits per heavy atom. The maximum Gasteiger partial charge on any atom is 0.299 e. The van der Waals surface area contributed by atoms with E-state index in [1.165, 1.54) is 0 Å². The summed E-state index contributed by atoms with van der Waals surface area (Å²) in [6.07, 6.45) is -2.99. The third-order valence-electron chi connectivity index (χ3n) is 2.10. The van der Waals surface area contributed by atoms with Gasteiger partial charge in [-0.3, -0.25) is 9.82 Å². The third kappa shape index (κ3) is 3.02. The van der Waals surface area contributed by atoms with Crippen LogP contribution in [0.4, 0.5) is 18.9 Å². The van der Waals surface area contributed by atoms with E-state index in [4.69, 9.17) is 11.6 Å². The van der Waals surface area contributed by atoms with Crippen LogP contribution in [0.2, 0.25) is 5.02 Å². The zero-order valence-electron chi connectivity index (χ0n) is 9.44. The molecule has 1 aromatic heterocycles. The summed E-state index contributed by atoms with van der Waals surface area (Å²) in [4.78, 5) is 3.14. The van der Waals surface area contributed by atoms with Crippen molar-refractivity contribution in [3.8, 4) is 0 Å². The molecule has 1 aromatic carbocycles. The first kappa shape index (κ1) is 14.6. The molecule has 2 rings (SSSR count). The molecule has 0 fully saturated rings. The van der Waals surface area contributed by atoms with Gasteiger partial charge in [0.2, 0.25) is 0 Å². The first-order chi connectivity index (χ1) is 9.29. The Balaban J connectivity index is 2.30. The molecule has 1 heterocycles. The fraction of sp³-hybridized carbons (Fsp3) is 0.111. The first-order valence-electron chi connectivity index (χ1n) is 4.98. The third-order valence-corrected chi connectivity index (χ3v) is 3.57. The molecule has 0 aliphatic rings. The number of benzene rings is 1. The smallest absolute Gasteiger partial charge is 0.275 e. The molecular formula is C9H6ClF3N4O2S. The van der Waals surface area contributed by atoms with Crippen molar-refractivity contribution in [1.29, 1.82) is 0 Å². The summed E-state index contributed by atoms with van der Waals surface area (Å²) in [5, 5.41) is 3.90. The van der Waals surface area contributed by atoms with Crippen LogP contribution in [0.5, 0.6) is 0 Å². The van der Waals surface area contributed by atoms with Gasteiger partial charge in [-0.2, -0.15) is 13.4 Å². The van der Waals surface area contributed by atoms with Crippen LogP contribution < -0.4 is 4.72 Å². The summed E-state index contributed by atoms with van der Waals surface area (Å²) >= 11 is 5.64. The van der Waals surface area contributed by atoms with Crippen LogP contribution in [0.3, 0.4) is 0 Å². The molecule has 0 saturated heterocycles. The van der Waals surface area contributed by atoms with E-state index in [1.54, 1.807) is 5.10 Å². The van der Waals surface area contributed by atoms with Crippen LogP contribution in [-0.4, -0.2) is 23.6 Å². The second-order valence-electron chi connectivity index (χ2n) is 3.53. The average Bonchev–Trinajstić information content (AvgIpc) is 2.83. The number of nitrogens with one attached hydrogen (secondary N) is 2. The second-order valence-corrected chi connectivity index (χ2v) is 5.52. The summed E-state index contributed by atoms with van der Waals surface area (Å²) in [6.45, 7) is 0. The van der Waals surface area contributed by atoms with Gasteiger partial charge in [0, 0.05) is 0 Å². The predicted octanol–water partition coefficient (Wildman–Crippen LogP) is 2.34. The number of alkyl halides is 2. The van der Waals surface area contributed by atoms with Crippen molar-refractivity contribution >= 4 is 27.3 Å². The van der Waals surface area contributed by atoms with Gasteiger partial charge in [0.25, 0.3) is 21.6 Å². The topological polar surface area (TPSA) is 87.7 Å². The zero-order valence-corrected chi connectivity index (χ0v) is 11.0. The lowest BCUT2D eigenvalue weighted by Gasteiger charge is -2.06. The van der Waals surface area contributed by atoms with Crippen molar-refractivity contribution in [2.75, 3.05) is 4.72 Å². The SMILES string of the molecule is O=S(=O)(Nc1ccc(F)cc1Cl)c1n[nH]c(C(F)F)n1. The largest absolute Gasteiger partial charge is 0.299 e. The van der Waals surface area contributed by atoms with E-state index in [-0.39, 0.29) is 10.7 Å². The number of aromatic amines is 1. The highest BCUT2D eigenvalue weighted by molar-refractivity contribution is 7.92. The highest BCUT2D eigenvalue weighted by Gasteiger charge is 2.24. The maximum absolute atomic E-state index is 12.8. The van der Waals surface area contributed by atoms with Crippen molar-refractivity contribution in [3.63, 3.8) is 0 Å². The van der Waals surface area contributed by atoms with Crippen LogP contribution >= 0.6 is 11.6 Å². The number of hydrogen-bond donors (Lipinski definition) is 2. The van der Waals surface area contributed by atoms with Gasteiger partial charge in [-0.25, -0.2) is 13.2 Å². The number of aromatic nitrogens is 3. The Morgan fingerprint density at radius 3 is 2.60 bits per heavy atom. The highest BCUT2D eigenvalue weighted by Crippen LogP contribution is 2.25. The number of nitrogens with zero attached hydrogens (tertiary/aromatic N) is 2. The standard InChI is InChI=1S/C9H6ClF3N4O2S/c10-5-3-4(11)1-2-6(5)17-20(18,19)9-14-8(7(12)13)15-16-9/h1-3,7,17H,(H,14,15,16). The molecule has 0 amide bonds. The fourth-order valence-corrected chi connectivity index (χ4v) is 2.45. The summed E-state index contributed by atoms with van der Waals surface area (Å²) in [7, 11) is -4.31. The van der Waals surface area contributed by atoms with Gasteiger partial charge < -0.3 is 0 Å². The molecule has 0 saturated carbocycles. The van der Waals surface area contributed by atoms with Gasteiger partial charge in [-0.1, -0.05) is 11.6 Å². The van der Waals surface area contributed by atoms with E-state index >= 15 is 0 Å². The molecule has 0 aliphatic carbocycles. The molecule has 108 valence electrons. The predicted molar refractivity (Wildman–Crippen MR) is 63.6 cm³/mol. The number of H-pyrrole nitrogens is 1. The summed E-state index contributed by atoms with van der Waals surface area (Å²) in [6, 6.07) is 2.95. The minimum absolute atomic E-state index is 0.128. The number of hydrogen-bond acceptors (Lipinski definition) is 4. The minimum Gasteiger partial charge on any atom is -0.275 e. The zero-order chi connectivity index (χ0) is 14.9. The molecule has 0 radical (unpaired) electrons. The Bertz CT molecular complexity index is 735. The molecule has 0 bridgehead atoms. The summed E-state index contributed by atoms with van der Waals surface area (Å²) in [5.74, 6) is -1.54. The molecule has 0 spiro atoms. The van der Waals surface area contributed by atoms with Crippen molar-refractivity contribution in [3.05, 3.63) is 34.9 Å². The van der Waals surface area contributed by atoms with E-state index < -0.39 is 33.2 Å². The fourth-order valence-electron chi connectivity index (χ4n) is 1.24. The number of anilines is 1. The van der Waals surface area contributed by atoms with Gasteiger partial charge in [-0.05, 0) is 18.2 Å². The van der Waals surface area contributed by atoms with Crippen LogP contribution in [0.25, 0.3) is 0 Å². The Hall–Kier alpha value is -1.81. The van der Waals surface area contributed by atoms with Crippen LogP contribution in [0, 0.1) is 5.82 Å². The molecule has 6 nitrogen and oxygen atoms in total. The summed E-state index contributed by atoms with van der Waals surface area (Å²) in [5.41, 5.74) is -0.128. The first-order valence-corrected chi connectivity index (χ1v) is 6.84. The Labute approximate surface area is 116 Å². The van der Waals surface area contributed by atoms with Crippen molar-refractivity contribution < 1.29 is 21.6 Å². The van der Waals surface area contributed by atoms with E-state index in [0.29, 0.717) is 0 Å². The van der Waals surface area contributed by atoms with Gasteiger partial charge in [0.1, 0.15) is 5.82 Å². The lowest BCUT2D eigenvalue weighted by Crippen LogP contribution is -2.15. The number of rotatable bonds is 4. The van der Waals surface area contributed by atoms with E-state index in [9.17, 15) is 21.6 Å². The summed E-state index contributed by atoms with van der Waals surface area (Å²) < 4.78 is 63.0. The van der Waals surface area contributed by atoms with Crippen molar-refractivity contribution in [2.45, 2.75) is 11.6 Å². The van der Waals surface area contributed by atoms with Crippen LogP contribution in [-0.2, 0) is 10.0 Å². The molecule has 0 atom stereocenters. The molecule has 20 heavy (non-hydrogen) atoms. The van der Waals surface area contributed by atoms with Gasteiger partial charge in [0.05, 0.1) is 10.7 Å². The molecule has 0 unspecified atom stereocenters. The molecule has 2 N–H and O–H groups in total. The van der Waals surface area contributed by atoms with Crippen LogP contribution in [0.15, 0.2) is 23.4 Å². The average molecular weight is 327 g/mol. The van der Waals surface area contributed by atoms with Crippen LogP contribution in [0.1, 0.15) is 12.2 Å². The molecule has 0 aliphatic heterocycles. The van der Waals surface area contributed by atoms with Gasteiger partial charge in [-0.15, -0.1) is 5.10 Å². The second kappa shape index (κ2) is 5.29. The normalized spacial score (nSPS) is 11.8. The Morgan fingerprint density at radius 1 is 1.35 bits per heavy atom. The van der Waals surface area contributed by atoms with Gasteiger partial charge >= 0.3 is 0 Å². The minimum atomic E-state index is -4.31. The quantitative estimate of drug-likeness (QED) is 0.902. The monoisotopic (exact) mass is 326 g/mol. The molecule has 11 heteroatoms. The molecular weight excluding hydrogens is 321 g/mol. The lowest BCUT2D eigenvalue weighted by molar-refractivity contribution is 0.140.